The number of benzene rings is 2. The SMILES string of the molecule is Cc1ccc([N+](=O)[O-])cc1S(=O)(=O)Nc1ccc2c(c1)CN(C(=O)c1ccco1)CC2. The smallest absolute Gasteiger partial charge is 0.289 e. The summed E-state index contributed by atoms with van der Waals surface area (Å²) in [5.41, 5.74) is 2.26. The molecular weight excluding hydrogens is 422 g/mol. The number of carbonyl (C=O) groups is 1. The number of amides is 1. The number of hydrogen-bond acceptors (Lipinski definition) is 6. The van der Waals surface area contributed by atoms with Gasteiger partial charge in [-0.15, -0.1) is 0 Å². The highest BCUT2D eigenvalue weighted by atomic mass is 32.2. The highest BCUT2D eigenvalue weighted by Crippen LogP contribution is 2.27. The molecular formula is C21H19N3O6S. The van der Waals surface area contributed by atoms with Gasteiger partial charge >= 0.3 is 0 Å². The molecule has 9 nitrogen and oxygen atoms in total. The highest BCUT2D eigenvalue weighted by Gasteiger charge is 2.25. The lowest BCUT2D eigenvalue weighted by atomic mass is 9.99. The van der Waals surface area contributed by atoms with Gasteiger partial charge in [0, 0.05) is 30.9 Å². The van der Waals surface area contributed by atoms with Gasteiger partial charge in [0.25, 0.3) is 21.6 Å². The first-order chi connectivity index (χ1) is 14.7. The maximum atomic E-state index is 12.9. The summed E-state index contributed by atoms with van der Waals surface area (Å²) < 4.78 is 33.4. The first kappa shape index (κ1) is 20.6. The van der Waals surface area contributed by atoms with E-state index in [1.807, 2.05) is 6.07 Å². The minimum absolute atomic E-state index is 0.158. The Labute approximate surface area is 178 Å². The molecule has 2 heterocycles. The fraction of sp³-hybridized carbons (Fsp3) is 0.190. The van der Waals surface area contributed by atoms with Crippen molar-refractivity contribution in [3.8, 4) is 0 Å². The summed E-state index contributed by atoms with van der Waals surface area (Å²) in [5, 5.41) is 11.0. The number of fused-ring (bicyclic) bond motifs is 1. The lowest BCUT2D eigenvalue weighted by molar-refractivity contribution is -0.385. The molecule has 1 aromatic heterocycles. The molecule has 2 aromatic carbocycles. The van der Waals surface area contributed by atoms with E-state index in [9.17, 15) is 23.3 Å². The number of anilines is 1. The second-order valence-electron chi connectivity index (χ2n) is 7.25. The van der Waals surface area contributed by atoms with Crippen molar-refractivity contribution in [1.82, 2.24) is 4.90 Å². The molecule has 160 valence electrons. The highest BCUT2D eigenvalue weighted by molar-refractivity contribution is 7.92. The van der Waals surface area contributed by atoms with Crippen LogP contribution < -0.4 is 4.72 Å². The monoisotopic (exact) mass is 441 g/mol. The van der Waals surface area contributed by atoms with E-state index in [0.717, 1.165) is 17.2 Å². The molecule has 0 aliphatic carbocycles. The van der Waals surface area contributed by atoms with Crippen molar-refractivity contribution in [1.29, 1.82) is 0 Å². The molecule has 3 aromatic rings. The normalized spacial score (nSPS) is 13.5. The third-order valence-electron chi connectivity index (χ3n) is 5.16. The van der Waals surface area contributed by atoms with Crippen molar-refractivity contribution >= 4 is 27.3 Å². The topological polar surface area (TPSA) is 123 Å². The van der Waals surface area contributed by atoms with Crippen LogP contribution in [0.1, 0.15) is 27.2 Å². The zero-order valence-corrected chi connectivity index (χ0v) is 17.4. The first-order valence-corrected chi connectivity index (χ1v) is 11.0. The number of rotatable bonds is 5. The number of nitrogens with zero attached hydrogens (tertiary/aromatic N) is 2. The molecule has 4 rings (SSSR count). The Hall–Kier alpha value is -3.66. The van der Waals surface area contributed by atoms with Gasteiger partial charge < -0.3 is 9.32 Å². The Morgan fingerprint density at radius 3 is 2.68 bits per heavy atom. The maximum absolute atomic E-state index is 12.9. The van der Waals surface area contributed by atoms with Crippen LogP contribution in [0.2, 0.25) is 0 Å². The van der Waals surface area contributed by atoms with Gasteiger partial charge in [0.05, 0.1) is 16.1 Å². The molecule has 0 unspecified atom stereocenters. The number of non-ortho nitro benzene ring substituents is 1. The molecule has 10 heteroatoms. The van der Waals surface area contributed by atoms with Gasteiger partial charge in [0.1, 0.15) is 0 Å². The number of nitro groups is 1. The lowest BCUT2D eigenvalue weighted by Gasteiger charge is -2.28. The van der Waals surface area contributed by atoms with Crippen molar-refractivity contribution in [3.05, 3.63) is 87.4 Å². The number of carbonyl (C=O) groups excluding carboxylic acids is 1. The van der Waals surface area contributed by atoms with Crippen LogP contribution in [0, 0.1) is 17.0 Å². The molecule has 0 atom stereocenters. The van der Waals surface area contributed by atoms with E-state index >= 15 is 0 Å². The molecule has 0 saturated carbocycles. The zero-order chi connectivity index (χ0) is 22.2. The number of hydrogen-bond donors (Lipinski definition) is 1. The second kappa shape index (κ2) is 7.88. The van der Waals surface area contributed by atoms with E-state index in [1.54, 1.807) is 36.1 Å². The third kappa shape index (κ3) is 4.15. The fourth-order valence-electron chi connectivity index (χ4n) is 3.55. The van der Waals surface area contributed by atoms with Crippen molar-refractivity contribution in [2.45, 2.75) is 24.8 Å². The van der Waals surface area contributed by atoms with Crippen LogP contribution in [-0.2, 0) is 23.0 Å². The molecule has 1 aliphatic heterocycles. The van der Waals surface area contributed by atoms with Crippen LogP contribution in [-0.4, -0.2) is 30.7 Å². The van der Waals surface area contributed by atoms with E-state index in [2.05, 4.69) is 4.72 Å². The number of nitrogens with one attached hydrogen (secondary N) is 1. The standard InChI is InChI=1S/C21H19N3O6S/c1-14-4-7-18(24(26)27)12-20(14)31(28,29)22-17-6-5-15-8-9-23(13-16(15)11-17)21(25)19-3-2-10-30-19/h2-7,10-12,22H,8-9,13H2,1H3. The van der Waals surface area contributed by atoms with Gasteiger partial charge in [-0.25, -0.2) is 8.42 Å². The minimum Gasteiger partial charge on any atom is -0.459 e. The zero-order valence-electron chi connectivity index (χ0n) is 16.6. The maximum Gasteiger partial charge on any atom is 0.289 e. The molecule has 31 heavy (non-hydrogen) atoms. The first-order valence-electron chi connectivity index (χ1n) is 9.47. The van der Waals surface area contributed by atoms with Crippen LogP contribution in [0.25, 0.3) is 0 Å². The van der Waals surface area contributed by atoms with E-state index in [0.29, 0.717) is 30.8 Å². The van der Waals surface area contributed by atoms with Gasteiger partial charge in [0.2, 0.25) is 0 Å². The van der Waals surface area contributed by atoms with Crippen LogP contribution in [0.4, 0.5) is 11.4 Å². The van der Waals surface area contributed by atoms with E-state index in [1.165, 1.54) is 18.4 Å². The quantitative estimate of drug-likeness (QED) is 0.478. The molecule has 0 spiro atoms. The van der Waals surface area contributed by atoms with Gasteiger partial charge in [-0.3, -0.25) is 19.6 Å². The predicted molar refractivity (Wildman–Crippen MR) is 112 cm³/mol. The van der Waals surface area contributed by atoms with Crippen LogP contribution >= 0.6 is 0 Å². The molecule has 0 bridgehead atoms. The van der Waals surface area contributed by atoms with Crippen molar-refractivity contribution in [2.24, 2.45) is 0 Å². The summed E-state index contributed by atoms with van der Waals surface area (Å²) in [5.74, 6) is 0.0234. The van der Waals surface area contributed by atoms with Crippen LogP contribution in [0.5, 0.6) is 0 Å². The van der Waals surface area contributed by atoms with Gasteiger partial charge in [-0.05, 0) is 54.3 Å². The minimum atomic E-state index is -4.04. The van der Waals surface area contributed by atoms with E-state index < -0.39 is 14.9 Å². The summed E-state index contributed by atoms with van der Waals surface area (Å²) in [7, 11) is -4.04. The Morgan fingerprint density at radius 2 is 1.97 bits per heavy atom. The Balaban J connectivity index is 1.59. The summed E-state index contributed by atoms with van der Waals surface area (Å²) in [6.45, 7) is 2.42. The van der Waals surface area contributed by atoms with Gasteiger partial charge in [0.15, 0.2) is 5.76 Å². The number of furan rings is 1. The van der Waals surface area contributed by atoms with Crippen LogP contribution in [0.15, 0.2) is 64.1 Å². The second-order valence-corrected chi connectivity index (χ2v) is 8.90. The van der Waals surface area contributed by atoms with Crippen molar-refractivity contribution in [2.75, 3.05) is 11.3 Å². The number of sulfonamides is 1. The number of aryl methyl sites for hydroxylation is 1. The predicted octanol–water partition coefficient (Wildman–Crippen LogP) is 3.50. The Bertz CT molecular complexity index is 1270. The molecule has 0 saturated heterocycles. The Kier molecular flexibility index (Phi) is 5.24. The summed E-state index contributed by atoms with van der Waals surface area (Å²) in [4.78, 5) is 24.4. The largest absolute Gasteiger partial charge is 0.459 e. The van der Waals surface area contributed by atoms with Crippen molar-refractivity contribution < 1.29 is 22.6 Å². The molecule has 0 radical (unpaired) electrons. The van der Waals surface area contributed by atoms with Crippen LogP contribution in [0.3, 0.4) is 0 Å². The van der Waals surface area contributed by atoms with Gasteiger partial charge in [-0.2, -0.15) is 0 Å². The third-order valence-corrected chi connectivity index (χ3v) is 6.69. The molecule has 1 aliphatic rings. The van der Waals surface area contributed by atoms with E-state index in [-0.39, 0.29) is 22.3 Å². The average molecular weight is 441 g/mol. The van der Waals surface area contributed by atoms with E-state index in [4.69, 9.17) is 4.42 Å². The van der Waals surface area contributed by atoms with Crippen molar-refractivity contribution in [3.63, 3.8) is 0 Å². The molecule has 1 amide bonds. The molecule has 1 N–H and O–H groups in total. The van der Waals surface area contributed by atoms with Gasteiger partial charge in [-0.1, -0.05) is 12.1 Å². The summed E-state index contributed by atoms with van der Waals surface area (Å²) >= 11 is 0. The summed E-state index contributed by atoms with van der Waals surface area (Å²) in [6.07, 6.45) is 2.08. The molecule has 0 fully saturated rings. The average Bonchev–Trinajstić information content (AvgIpc) is 3.27. The lowest BCUT2D eigenvalue weighted by Crippen LogP contribution is -2.35. The Morgan fingerprint density at radius 1 is 1.16 bits per heavy atom. The fourth-order valence-corrected chi connectivity index (χ4v) is 4.87. The number of nitro benzene ring substituents is 1. The summed E-state index contributed by atoms with van der Waals surface area (Å²) in [6, 6.07) is 12.1.